The molecule has 1 aromatic carbocycles. The zero-order valence-corrected chi connectivity index (χ0v) is 19.1. The predicted molar refractivity (Wildman–Crippen MR) is 134 cm³/mol. The first-order valence-corrected chi connectivity index (χ1v) is 11.2. The molecule has 6 heteroatoms. The minimum absolute atomic E-state index is 0.0487. The lowest BCUT2D eigenvalue weighted by Gasteiger charge is -2.32. The summed E-state index contributed by atoms with van der Waals surface area (Å²) in [5.41, 5.74) is 3.87. The molecule has 0 aliphatic rings. The summed E-state index contributed by atoms with van der Waals surface area (Å²) < 4.78 is 3.91. The number of benzene rings is 1. The van der Waals surface area contributed by atoms with Crippen LogP contribution in [0, 0.1) is 6.92 Å². The van der Waals surface area contributed by atoms with Crippen molar-refractivity contribution >= 4 is 17.2 Å². The molecule has 6 nitrogen and oxygen atoms in total. The molecular weight excluding hydrogens is 422 g/mol. The molecule has 5 rings (SSSR count). The van der Waals surface area contributed by atoms with Gasteiger partial charge in [0, 0.05) is 48.4 Å². The van der Waals surface area contributed by atoms with E-state index in [0.717, 1.165) is 34.1 Å². The maximum Gasteiger partial charge on any atom is 0.157 e. The normalized spacial score (nSPS) is 11.8. The maximum atomic E-state index is 13.2. The molecular formula is C28H25N5O. The number of nitrogens with zero attached hydrogens (tertiary/aromatic N) is 5. The zero-order chi connectivity index (χ0) is 23.5. The zero-order valence-electron chi connectivity index (χ0n) is 19.1. The van der Waals surface area contributed by atoms with E-state index >= 15 is 0 Å². The molecule has 1 unspecified atom stereocenters. The van der Waals surface area contributed by atoms with Gasteiger partial charge in [-0.05, 0) is 61.9 Å². The van der Waals surface area contributed by atoms with Crippen LogP contribution in [0.1, 0.15) is 24.1 Å². The first kappa shape index (κ1) is 21.4. The van der Waals surface area contributed by atoms with Gasteiger partial charge in [-0.1, -0.05) is 30.3 Å². The lowest BCUT2D eigenvalue weighted by molar-refractivity contribution is -0.118. The maximum absolute atomic E-state index is 13.2. The van der Waals surface area contributed by atoms with Crippen molar-refractivity contribution in [2.24, 2.45) is 0 Å². The van der Waals surface area contributed by atoms with Gasteiger partial charge in [-0.25, -0.2) is 9.97 Å². The van der Waals surface area contributed by atoms with E-state index in [1.54, 1.807) is 19.3 Å². The van der Waals surface area contributed by atoms with Crippen LogP contribution in [0.3, 0.4) is 0 Å². The molecule has 1 atom stereocenters. The van der Waals surface area contributed by atoms with Crippen LogP contribution in [0.15, 0.2) is 110 Å². The van der Waals surface area contributed by atoms with E-state index in [4.69, 9.17) is 0 Å². The number of carbonyl (C=O) groups is 1. The molecule has 168 valence electrons. The molecule has 0 N–H and O–H groups in total. The van der Waals surface area contributed by atoms with Crippen LogP contribution in [0.5, 0.6) is 0 Å². The number of hydrogen-bond donors (Lipinski definition) is 0. The van der Waals surface area contributed by atoms with E-state index < -0.39 is 6.04 Å². The van der Waals surface area contributed by atoms with Crippen molar-refractivity contribution in [1.29, 1.82) is 0 Å². The highest BCUT2D eigenvalue weighted by Gasteiger charge is 2.29. The molecule has 0 bridgehead atoms. The molecule has 4 heterocycles. The minimum Gasteiger partial charge on any atom is -0.325 e. The fourth-order valence-electron chi connectivity index (χ4n) is 4.23. The van der Waals surface area contributed by atoms with Crippen LogP contribution in [-0.2, 0) is 4.79 Å². The smallest absolute Gasteiger partial charge is 0.157 e. The van der Waals surface area contributed by atoms with Crippen LogP contribution in [0.4, 0.5) is 11.4 Å². The quantitative estimate of drug-likeness (QED) is 0.315. The molecule has 0 saturated carbocycles. The SMILES string of the molecule is CC(=O)C(c1ccn(-c2ccccn2)c1)N(c1ccn(-c2ccccn2)c1)c1ccccc1C. The van der Waals surface area contributed by atoms with Crippen molar-refractivity contribution in [1.82, 2.24) is 19.1 Å². The van der Waals surface area contributed by atoms with E-state index in [9.17, 15) is 4.79 Å². The molecule has 0 spiro atoms. The molecule has 0 fully saturated rings. The van der Waals surface area contributed by atoms with Gasteiger partial charge in [-0.2, -0.15) is 0 Å². The Labute approximate surface area is 198 Å². The number of hydrogen-bond acceptors (Lipinski definition) is 4. The van der Waals surface area contributed by atoms with Crippen molar-refractivity contribution in [2.75, 3.05) is 4.90 Å². The van der Waals surface area contributed by atoms with Gasteiger partial charge >= 0.3 is 0 Å². The number of aromatic nitrogens is 4. The summed E-state index contributed by atoms with van der Waals surface area (Å²) in [5.74, 6) is 1.67. The summed E-state index contributed by atoms with van der Waals surface area (Å²) in [5, 5.41) is 0. The fraction of sp³-hybridized carbons (Fsp3) is 0.107. The lowest BCUT2D eigenvalue weighted by Crippen LogP contribution is -2.29. The monoisotopic (exact) mass is 447 g/mol. The summed E-state index contributed by atoms with van der Waals surface area (Å²) in [6, 6.07) is 23.2. The van der Waals surface area contributed by atoms with E-state index in [2.05, 4.69) is 33.9 Å². The third kappa shape index (κ3) is 4.13. The number of para-hydroxylation sites is 1. The lowest BCUT2D eigenvalue weighted by atomic mass is 10.0. The van der Waals surface area contributed by atoms with Crippen molar-refractivity contribution in [3.63, 3.8) is 0 Å². The first-order chi connectivity index (χ1) is 16.6. The Hall–Kier alpha value is -4.45. The van der Waals surface area contributed by atoms with Gasteiger partial charge in [-0.15, -0.1) is 0 Å². The van der Waals surface area contributed by atoms with Gasteiger partial charge in [0.15, 0.2) is 5.78 Å². The van der Waals surface area contributed by atoms with Gasteiger partial charge in [0.25, 0.3) is 0 Å². The average Bonchev–Trinajstić information content (AvgIpc) is 3.54. The van der Waals surface area contributed by atoms with Crippen LogP contribution in [0.2, 0.25) is 0 Å². The Kier molecular flexibility index (Phi) is 5.79. The van der Waals surface area contributed by atoms with Gasteiger partial charge < -0.3 is 14.0 Å². The van der Waals surface area contributed by atoms with Crippen molar-refractivity contribution in [2.45, 2.75) is 19.9 Å². The Bertz CT molecular complexity index is 1410. The van der Waals surface area contributed by atoms with Crippen molar-refractivity contribution < 1.29 is 4.79 Å². The van der Waals surface area contributed by atoms with Gasteiger partial charge in [-0.3, -0.25) is 4.79 Å². The summed E-state index contributed by atoms with van der Waals surface area (Å²) in [6.07, 6.45) is 11.4. The summed E-state index contributed by atoms with van der Waals surface area (Å²) in [4.78, 5) is 24.2. The van der Waals surface area contributed by atoms with Crippen molar-refractivity contribution in [3.8, 4) is 11.6 Å². The van der Waals surface area contributed by atoms with Crippen LogP contribution in [-0.4, -0.2) is 24.9 Å². The summed E-state index contributed by atoms with van der Waals surface area (Å²) >= 11 is 0. The molecule has 0 aliphatic heterocycles. The Morgan fingerprint density at radius 3 is 2.03 bits per heavy atom. The molecule has 0 aliphatic carbocycles. The number of aryl methyl sites for hydroxylation is 1. The molecule has 5 aromatic rings. The topological polar surface area (TPSA) is 56.0 Å². The third-order valence-electron chi connectivity index (χ3n) is 5.83. The fourth-order valence-corrected chi connectivity index (χ4v) is 4.23. The number of anilines is 2. The van der Waals surface area contributed by atoms with E-state index in [0.29, 0.717) is 0 Å². The number of rotatable bonds is 7. The molecule has 0 radical (unpaired) electrons. The molecule has 34 heavy (non-hydrogen) atoms. The highest BCUT2D eigenvalue weighted by Crippen LogP contribution is 2.38. The minimum atomic E-state index is -0.509. The molecule has 4 aromatic heterocycles. The molecule has 0 amide bonds. The second kappa shape index (κ2) is 9.19. The third-order valence-corrected chi connectivity index (χ3v) is 5.83. The number of carbonyl (C=O) groups excluding carboxylic acids is 1. The highest BCUT2D eigenvalue weighted by molar-refractivity contribution is 5.89. The van der Waals surface area contributed by atoms with E-state index in [1.165, 1.54) is 0 Å². The number of ketones is 1. The second-order valence-corrected chi connectivity index (χ2v) is 8.17. The van der Waals surface area contributed by atoms with Gasteiger partial charge in [0.05, 0.1) is 5.69 Å². The second-order valence-electron chi connectivity index (χ2n) is 8.17. The Morgan fingerprint density at radius 1 is 0.794 bits per heavy atom. The first-order valence-electron chi connectivity index (χ1n) is 11.2. The van der Waals surface area contributed by atoms with Gasteiger partial charge in [0.1, 0.15) is 17.7 Å². The Morgan fingerprint density at radius 2 is 1.41 bits per heavy atom. The van der Waals surface area contributed by atoms with Gasteiger partial charge in [0.2, 0.25) is 0 Å². The molecule has 0 saturated heterocycles. The van der Waals surface area contributed by atoms with Crippen LogP contribution >= 0.6 is 0 Å². The Balaban J connectivity index is 1.62. The summed E-state index contributed by atoms with van der Waals surface area (Å²) in [6.45, 7) is 3.71. The van der Waals surface area contributed by atoms with Crippen LogP contribution in [0.25, 0.3) is 11.6 Å². The predicted octanol–water partition coefficient (Wildman–Crippen LogP) is 5.83. The highest BCUT2D eigenvalue weighted by atomic mass is 16.1. The van der Waals surface area contributed by atoms with E-state index in [1.807, 2.05) is 94.6 Å². The number of pyridine rings is 2. The number of Topliss-reactive ketones (excluding diaryl/α,β-unsaturated/α-hetero) is 1. The van der Waals surface area contributed by atoms with E-state index in [-0.39, 0.29) is 5.78 Å². The standard InChI is InChI=1S/C28H25N5O/c1-21-9-3-4-10-25(21)33(24-14-18-32(20-24)27-12-6-8-16-30-27)28(22(2)34)23-13-17-31(19-23)26-11-5-7-15-29-26/h3-20,28H,1-2H3. The van der Waals surface area contributed by atoms with Crippen LogP contribution < -0.4 is 4.90 Å². The van der Waals surface area contributed by atoms with Crippen molar-refractivity contribution in [3.05, 3.63) is 121 Å². The largest absolute Gasteiger partial charge is 0.325 e. The average molecular weight is 448 g/mol. The summed E-state index contributed by atoms with van der Waals surface area (Å²) in [7, 11) is 0.